The summed E-state index contributed by atoms with van der Waals surface area (Å²) in [7, 11) is 0. The maximum absolute atomic E-state index is 9.28. The zero-order chi connectivity index (χ0) is 8.39. The molecule has 3 heteroatoms. The molecule has 1 N–H and O–H groups in total. The topological polar surface area (TPSA) is 36.4 Å². The molecule has 12 heavy (non-hydrogen) atoms. The molecule has 2 rings (SSSR count). The normalized spacial score (nSPS) is 23.1. The van der Waals surface area contributed by atoms with E-state index in [4.69, 9.17) is 0 Å². The monoisotopic (exact) mass is 163 g/mol. The zero-order valence-electron chi connectivity index (χ0n) is 6.77. The minimum Gasteiger partial charge on any atom is -0.391 e. The van der Waals surface area contributed by atoms with Crippen LogP contribution < -0.4 is 4.90 Å². The molecule has 1 radical (unpaired) electrons. The molecule has 1 fully saturated rings. The number of anilines is 1. The first-order valence-corrected chi connectivity index (χ1v) is 4.12. The van der Waals surface area contributed by atoms with Gasteiger partial charge in [-0.15, -0.1) is 0 Å². The first kappa shape index (κ1) is 7.55. The van der Waals surface area contributed by atoms with E-state index >= 15 is 0 Å². The highest BCUT2D eigenvalue weighted by Crippen LogP contribution is 2.16. The number of aromatic nitrogens is 1. The Morgan fingerprint density at radius 3 is 3.17 bits per heavy atom. The molecule has 3 nitrogen and oxygen atoms in total. The van der Waals surface area contributed by atoms with Crippen LogP contribution in [-0.2, 0) is 0 Å². The standard InChI is InChI=1S/C9H11N2O/c12-8-4-6-11(7-8)9-3-1-2-5-10-9/h1-3,8,12H,4,6-7H2. The van der Waals surface area contributed by atoms with Crippen LogP contribution in [-0.4, -0.2) is 29.3 Å². The van der Waals surface area contributed by atoms with Crippen molar-refractivity contribution in [2.45, 2.75) is 12.5 Å². The van der Waals surface area contributed by atoms with Gasteiger partial charge in [0.15, 0.2) is 0 Å². The van der Waals surface area contributed by atoms with Crippen molar-refractivity contribution in [3.8, 4) is 0 Å². The summed E-state index contributed by atoms with van der Waals surface area (Å²) >= 11 is 0. The van der Waals surface area contributed by atoms with E-state index in [1.807, 2.05) is 12.1 Å². The summed E-state index contributed by atoms with van der Waals surface area (Å²) in [4.78, 5) is 6.16. The Balaban J connectivity index is 2.11. The first-order valence-electron chi connectivity index (χ1n) is 4.12. The summed E-state index contributed by atoms with van der Waals surface area (Å²) < 4.78 is 0. The van der Waals surface area contributed by atoms with Gasteiger partial charge in [-0.1, -0.05) is 6.07 Å². The Morgan fingerprint density at radius 2 is 2.58 bits per heavy atom. The smallest absolute Gasteiger partial charge is 0.129 e. The summed E-state index contributed by atoms with van der Waals surface area (Å²) in [6.07, 6.45) is 3.44. The van der Waals surface area contributed by atoms with Gasteiger partial charge in [0.1, 0.15) is 5.82 Å². The van der Waals surface area contributed by atoms with Gasteiger partial charge >= 0.3 is 0 Å². The van der Waals surface area contributed by atoms with Crippen LogP contribution in [0.5, 0.6) is 0 Å². The molecule has 1 aromatic rings. The van der Waals surface area contributed by atoms with E-state index in [0.29, 0.717) is 6.54 Å². The van der Waals surface area contributed by atoms with E-state index in [0.717, 1.165) is 18.8 Å². The van der Waals surface area contributed by atoms with Crippen molar-refractivity contribution in [1.82, 2.24) is 4.98 Å². The van der Waals surface area contributed by atoms with Gasteiger partial charge in [-0.25, -0.2) is 4.98 Å². The molecule has 1 aromatic heterocycles. The van der Waals surface area contributed by atoms with Crippen LogP contribution in [0.1, 0.15) is 6.42 Å². The predicted octanol–water partition coefficient (Wildman–Crippen LogP) is 0.453. The lowest BCUT2D eigenvalue weighted by Gasteiger charge is -2.15. The fourth-order valence-corrected chi connectivity index (χ4v) is 1.44. The Hall–Kier alpha value is -1.09. The van der Waals surface area contributed by atoms with Crippen molar-refractivity contribution in [1.29, 1.82) is 0 Å². The number of hydrogen-bond donors (Lipinski definition) is 1. The van der Waals surface area contributed by atoms with Crippen LogP contribution in [0, 0.1) is 6.20 Å². The second kappa shape index (κ2) is 3.11. The molecule has 0 amide bonds. The molecule has 1 aliphatic rings. The Bertz CT molecular complexity index is 250. The van der Waals surface area contributed by atoms with Gasteiger partial charge in [-0.2, -0.15) is 0 Å². The van der Waals surface area contributed by atoms with Crippen molar-refractivity contribution in [2.75, 3.05) is 18.0 Å². The quantitative estimate of drug-likeness (QED) is 0.653. The van der Waals surface area contributed by atoms with Gasteiger partial charge in [-0.3, -0.25) is 0 Å². The fraction of sp³-hybridized carbons (Fsp3) is 0.444. The van der Waals surface area contributed by atoms with E-state index in [-0.39, 0.29) is 6.10 Å². The fourth-order valence-electron chi connectivity index (χ4n) is 1.44. The van der Waals surface area contributed by atoms with Gasteiger partial charge in [0.05, 0.1) is 12.3 Å². The second-order valence-electron chi connectivity index (χ2n) is 3.01. The van der Waals surface area contributed by atoms with Gasteiger partial charge in [0.2, 0.25) is 0 Å². The highest BCUT2D eigenvalue weighted by atomic mass is 16.3. The Labute approximate surface area is 71.7 Å². The van der Waals surface area contributed by atoms with Crippen LogP contribution in [0.25, 0.3) is 0 Å². The molecule has 0 spiro atoms. The third kappa shape index (κ3) is 1.41. The molecular formula is C9H11N2O. The largest absolute Gasteiger partial charge is 0.391 e. The molecule has 0 aliphatic carbocycles. The molecule has 1 atom stereocenters. The first-order chi connectivity index (χ1) is 5.86. The average Bonchev–Trinajstić information content (AvgIpc) is 2.54. The van der Waals surface area contributed by atoms with E-state index in [9.17, 15) is 5.11 Å². The second-order valence-corrected chi connectivity index (χ2v) is 3.01. The van der Waals surface area contributed by atoms with Crippen molar-refractivity contribution in [3.05, 3.63) is 24.4 Å². The van der Waals surface area contributed by atoms with E-state index in [2.05, 4.69) is 16.1 Å². The molecule has 0 aromatic carbocycles. The summed E-state index contributed by atoms with van der Waals surface area (Å²) in [5.41, 5.74) is 0. The van der Waals surface area contributed by atoms with Crippen LogP contribution in [0.2, 0.25) is 0 Å². The minimum absolute atomic E-state index is 0.188. The Morgan fingerprint density at radius 1 is 1.67 bits per heavy atom. The third-order valence-electron chi connectivity index (χ3n) is 2.08. The van der Waals surface area contributed by atoms with E-state index < -0.39 is 0 Å². The summed E-state index contributed by atoms with van der Waals surface area (Å²) in [5.74, 6) is 0.911. The van der Waals surface area contributed by atoms with Crippen LogP contribution in [0.15, 0.2) is 18.2 Å². The molecular weight excluding hydrogens is 152 g/mol. The van der Waals surface area contributed by atoms with Gasteiger partial charge in [0, 0.05) is 13.1 Å². The van der Waals surface area contributed by atoms with Crippen molar-refractivity contribution in [3.63, 3.8) is 0 Å². The highest BCUT2D eigenvalue weighted by molar-refractivity contribution is 5.38. The molecule has 0 saturated carbocycles. The van der Waals surface area contributed by atoms with Crippen molar-refractivity contribution < 1.29 is 5.11 Å². The van der Waals surface area contributed by atoms with Gasteiger partial charge in [-0.05, 0) is 18.6 Å². The van der Waals surface area contributed by atoms with Crippen LogP contribution >= 0.6 is 0 Å². The molecule has 1 aliphatic heterocycles. The van der Waals surface area contributed by atoms with Crippen molar-refractivity contribution in [2.24, 2.45) is 0 Å². The number of pyridine rings is 1. The van der Waals surface area contributed by atoms with Crippen LogP contribution in [0.3, 0.4) is 0 Å². The lowest BCUT2D eigenvalue weighted by Crippen LogP contribution is -2.21. The van der Waals surface area contributed by atoms with Gasteiger partial charge in [0.25, 0.3) is 0 Å². The molecule has 0 bridgehead atoms. The number of aliphatic hydroxyl groups excluding tert-OH is 1. The van der Waals surface area contributed by atoms with E-state index in [1.54, 1.807) is 6.07 Å². The SMILES string of the molecule is OC1CCN(c2ccc[c]n2)C1. The summed E-state index contributed by atoms with van der Waals surface area (Å²) in [5, 5.41) is 9.28. The number of rotatable bonds is 1. The number of β-amino-alcohol motifs (C(OH)–C–C–N with tert-alkyl or cyclic N) is 1. The molecule has 2 heterocycles. The summed E-state index contributed by atoms with van der Waals surface area (Å²) in [6, 6.07) is 5.62. The summed E-state index contributed by atoms with van der Waals surface area (Å²) in [6.45, 7) is 1.59. The highest BCUT2D eigenvalue weighted by Gasteiger charge is 2.20. The zero-order valence-corrected chi connectivity index (χ0v) is 6.77. The molecule has 1 saturated heterocycles. The lowest BCUT2D eigenvalue weighted by atomic mass is 10.3. The molecule has 63 valence electrons. The van der Waals surface area contributed by atoms with Gasteiger partial charge < -0.3 is 10.0 Å². The Kier molecular flexibility index (Phi) is 1.96. The van der Waals surface area contributed by atoms with Crippen molar-refractivity contribution >= 4 is 5.82 Å². The molecule has 1 unspecified atom stereocenters. The maximum atomic E-state index is 9.28. The predicted molar refractivity (Wildman–Crippen MR) is 45.9 cm³/mol. The van der Waals surface area contributed by atoms with E-state index in [1.165, 1.54) is 0 Å². The minimum atomic E-state index is -0.188. The maximum Gasteiger partial charge on any atom is 0.129 e. The average molecular weight is 163 g/mol. The van der Waals surface area contributed by atoms with Crippen LogP contribution in [0.4, 0.5) is 5.82 Å². The number of aliphatic hydroxyl groups is 1. The number of hydrogen-bond acceptors (Lipinski definition) is 3. The lowest BCUT2D eigenvalue weighted by molar-refractivity contribution is 0.198. The number of nitrogens with zero attached hydrogens (tertiary/aromatic N) is 2. The third-order valence-corrected chi connectivity index (χ3v) is 2.08.